The third-order valence-electron chi connectivity index (χ3n) is 5.36. The number of benzene rings is 1. The number of carbonyl (C=O) groups is 2. The van der Waals surface area contributed by atoms with E-state index < -0.39 is 0 Å². The van der Waals surface area contributed by atoms with Gasteiger partial charge in [-0.1, -0.05) is 42.1 Å². The maximum Gasteiger partial charge on any atom is 0.234 e. The maximum atomic E-state index is 12.9. The van der Waals surface area contributed by atoms with Crippen LogP contribution in [0.2, 0.25) is 0 Å². The van der Waals surface area contributed by atoms with Gasteiger partial charge in [0, 0.05) is 42.7 Å². The minimum atomic E-state index is -0.235. The van der Waals surface area contributed by atoms with E-state index >= 15 is 0 Å². The van der Waals surface area contributed by atoms with E-state index in [9.17, 15) is 9.59 Å². The molecule has 1 saturated heterocycles. The predicted molar refractivity (Wildman–Crippen MR) is 134 cm³/mol. The minimum Gasteiger partial charge on any atom is -0.350 e. The van der Waals surface area contributed by atoms with Gasteiger partial charge in [-0.15, -0.1) is 11.3 Å². The van der Waals surface area contributed by atoms with Crippen molar-refractivity contribution in [3.63, 3.8) is 0 Å². The Hall–Kier alpha value is -2.49. The van der Waals surface area contributed by atoms with Gasteiger partial charge in [0.1, 0.15) is 16.2 Å². The van der Waals surface area contributed by atoms with Crippen molar-refractivity contribution in [2.75, 3.05) is 38.5 Å². The molecule has 0 spiro atoms. The molecule has 2 amide bonds. The molecule has 9 heteroatoms. The summed E-state index contributed by atoms with van der Waals surface area (Å²) in [5, 5.41) is 6.95. The normalized spacial score (nSPS) is 15.1. The third kappa shape index (κ3) is 6.10. The molecule has 33 heavy (non-hydrogen) atoms. The van der Waals surface area contributed by atoms with Gasteiger partial charge < -0.3 is 10.2 Å². The predicted octanol–water partition coefficient (Wildman–Crippen LogP) is 3.51. The van der Waals surface area contributed by atoms with E-state index in [4.69, 9.17) is 0 Å². The van der Waals surface area contributed by atoms with Gasteiger partial charge in [-0.25, -0.2) is 9.97 Å². The molecule has 1 fully saturated rings. The summed E-state index contributed by atoms with van der Waals surface area (Å²) in [6, 6.07) is 10.2. The summed E-state index contributed by atoms with van der Waals surface area (Å²) in [6.45, 7) is 8.97. The molecule has 0 atom stereocenters. The van der Waals surface area contributed by atoms with Crippen molar-refractivity contribution in [1.82, 2.24) is 25.1 Å². The van der Waals surface area contributed by atoms with E-state index in [0.29, 0.717) is 38.5 Å². The van der Waals surface area contributed by atoms with Crippen LogP contribution in [-0.4, -0.2) is 75.6 Å². The van der Waals surface area contributed by atoms with Crippen LogP contribution in [0.5, 0.6) is 0 Å². The van der Waals surface area contributed by atoms with Crippen LogP contribution in [0.3, 0.4) is 0 Å². The van der Waals surface area contributed by atoms with Crippen molar-refractivity contribution in [1.29, 1.82) is 0 Å². The highest BCUT2D eigenvalue weighted by Crippen LogP contribution is 2.37. The summed E-state index contributed by atoms with van der Waals surface area (Å²) in [5.74, 6) is 0.457. The SMILES string of the molecule is CC(C)(C)NC(=O)CN1CCN(C(=O)CSc2ncnc3scc(-c4ccccc4)c23)CC1. The topological polar surface area (TPSA) is 78.4 Å². The van der Waals surface area contributed by atoms with E-state index in [1.807, 2.05) is 43.9 Å². The first-order valence-corrected chi connectivity index (χ1v) is 12.9. The number of nitrogens with zero attached hydrogens (tertiary/aromatic N) is 4. The van der Waals surface area contributed by atoms with E-state index in [1.54, 1.807) is 17.7 Å². The van der Waals surface area contributed by atoms with Crippen LogP contribution in [0.4, 0.5) is 0 Å². The average Bonchev–Trinajstić information content (AvgIpc) is 3.22. The number of thioether (sulfide) groups is 1. The summed E-state index contributed by atoms with van der Waals surface area (Å²) >= 11 is 3.07. The zero-order valence-electron chi connectivity index (χ0n) is 19.2. The Balaban J connectivity index is 1.35. The Morgan fingerprint density at radius 2 is 1.82 bits per heavy atom. The lowest BCUT2D eigenvalue weighted by molar-refractivity contribution is -0.130. The molecule has 1 aliphatic heterocycles. The average molecular weight is 484 g/mol. The fourth-order valence-electron chi connectivity index (χ4n) is 3.82. The highest BCUT2D eigenvalue weighted by molar-refractivity contribution is 8.00. The molecule has 7 nitrogen and oxygen atoms in total. The largest absolute Gasteiger partial charge is 0.350 e. The summed E-state index contributed by atoms with van der Waals surface area (Å²) in [6.07, 6.45) is 1.57. The number of rotatable bonds is 6. The van der Waals surface area contributed by atoms with E-state index in [1.165, 1.54) is 11.8 Å². The monoisotopic (exact) mass is 483 g/mol. The number of fused-ring (bicyclic) bond motifs is 1. The molecule has 3 heterocycles. The molecule has 1 aromatic carbocycles. The van der Waals surface area contributed by atoms with Crippen LogP contribution in [0, 0.1) is 0 Å². The molecule has 1 aliphatic rings. The van der Waals surface area contributed by atoms with Crippen molar-refractivity contribution in [3.05, 3.63) is 42.0 Å². The van der Waals surface area contributed by atoms with Crippen molar-refractivity contribution < 1.29 is 9.59 Å². The number of hydrogen-bond acceptors (Lipinski definition) is 7. The highest BCUT2D eigenvalue weighted by Gasteiger charge is 2.24. The molecule has 0 aliphatic carbocycles. The molecule has 0 radical (unpaired) electrons. The molecule has 174 valence electrons. The first-order chi connectivity index (χ1) is 15.8. The second kappa shape index (κ2) is 10.2. The van der Waals surface area contributed by atoms with Crippen molar-refractivity contribution in [2.45, 2.75) is 31.3 Å². The van der Waals surface area contributed by atoms with Crippen LogP contribution >= 0.6 is 23.1 Å². The van der Waals surface area contributed by atoms with Gasteiger partial charge in [-0.2, -0.15) is 0 Å². The Bertz CT molecular complexity index is 1120. The summed E-state index contributed by atoms with van der Waals surface area (Å²) in [4.78, 5) is 38.9. The van der Waals surface area contributed by atoms with Crippen LogP contribution in [-0.2, 0) is 9.59 Å². The summed E-state index contributed by atoms with van der Waals surface area (Å²) in [5.41, 5.74) is 1.99. The third-order valence-corrected chi connectivity index (χ3v) is 7.22. The number of nitrogens with one attached hydrogen (secondary N) is 1. The van der Waals surface area contributed by atoms with Gasteiger partial charge in [0.15, 0.2) is 0 Å². The molecular formula is C24H29N5O2S2. The fraction of sp³-hybridized carbons (Fsp3) is 0.417. The number of carbonyl (C=O) groups excluding carboxylic acids is 2. The van der Waals surface area contributed by atoms with Crippen molar-refractivity contribution >= 4 is 45.1 Å². The maximum absolute atomic E-state index is 12.9. The van der Waals surface area contributed by atoms with Crippen LogP contribution in [0.15, 0.2) is 47.1 Å². The zero-order chi connectivity index (χ0) is 23.4. The van der Waals surface area contributed by atoms with E-state index in [0.717, 1.165) is 26.4 Å². The van der Waals surface area contributed by atoms with Crippen molar-refractivity contribution in [3.8, 4) is 11.1 Å². The lowest BCUT2D eigenvalue weighted by atomic mass is 10.1. The van der Waals surface area contributed by atoms with Gasteiger partial charge in [0.05, 0.1) is 17.7 Å². The molecule has 0 unspecified atom stereocenters. The Morgan fingerprint density at radius 1 is 1.09 bits per heavy atom. The number of piperazine rings is 1. The standard InChI is InChI=1S/C24H29N5O2S2/c1-24(2,3)27-19(30)13-28-9-11-29(12-10-28)20(31)15-33-23-21-18(17-7-5-4-6-8-17)14-32-22(21)25-16-26-23/h4-8,14,16H,9-13,15H2,1-3H3,(H,27,30). The van der Waals surface area contributed by atoms with Crippen LogP contribution in [0.25, 0.3) is 21.3 Å². The molecule has 0 saturated carbocycles. The van der Waals surface area contributed by atoms with Crippen LogP contribution < -0.4 is 5.32 Å². The molecule has 4 rings (SSSR count). The van der Waals surface area contributed by atoms with E-state index in [-0.39, 0.29) is 17.4 Å². The van der Waals surface area contributed by atoms with Gasteiger partial charge in [-0.3, -0.25) is 14.5 Å². The first kappa shape index (κ1) is 23.7. The lowest BCUT2D eigenvalue weighted by Crippen LogP contribution is -2.53. The van der Waals surface area contributed by atoms with Crippen molar-refractivity contribution in [2.24, 2.45) is 0 Å². The van der Waals surface area contributed by atoms with Gasteiger partial charge >= 0.3 is 0 Å². The first-order valence-electron chi connectivity index (χ1n) is 11.0. The summed E-state index contributed by atoms with van der Waals surface area (Å²) < 4.78 is 0. The minimum absolute atomic E-state index is 0.0237. The second-order valence-electron chi connectivity index (χ2n) is 9.12. The molecule has 1 N–H and O–H groups in total. The van der Waals surface area contributed by atoms with Gasteiger partial charge in [0.25, 0.3) is 0 Å². The van der Waals surface area contributed by atoms with E-state index in [2.05, 4.69) is 37.7 Å². The fourth-order valence-corrected chi connectivity index (χ4v) is 5.72. The van der Waals surface area contributed by atoms with Crippen LogP contribution in [0.1, 0.15) is 20.8 Å². The molecular weight excluding hydrogens is 454 g/mol. The Kier molecular flexibility index (Phi) is 7.31. The van der Waals surface area contributed by atoms with Gasteiger partial charge in [-0.05, 0) is 26.3 Å². The molecule has 2 aromatic heterocycles. The zero-order valence-corrected chi connectivity index (χ0v) is 20.8. The number of hydrogen-bond donors (Lipinski definition) is 1. The lowest BCUT2D eigenvalue weighted by Gasteiger charge is -2.34. The number of thiophene rings is 1. The molecule has 0 bridgehead atoms. The Labute approximate surface area is 202 Å². The highest BCUT2D eigenvalue weighted by atomic mass is 32.2. The smallest absolute Gasteiger partial charge is 0.234 e. The second-order valence-corrected chi connectivity index (χ2v) is 10.9. The number of aromatic nitrogens is 2. The molecule has 3 aromatic rings. The number of amides is 2. The Morgan fingerprint density at radius 3 is 2.52 bits per heavy atom. The quantitative estimate of drug-likeness (QED) is 0.427. The summed E-state index contributed by atoms with van der Waals surface area (Å²) in [7, 11) is 0. The van der Waals surface area contributed by atoms with Gasteiger partial charge in [0.2, 0.25) is 11.8 Å².